The predicted molar refractivity (Wildman–Crippen MR) is 67.7 cm³/mol. The van der Waals surface area contributed by atoms with Crippen LogP contribution in [0.5, 0.6) is 0 Å². The summed E-state index contributed by atoms with van der Waals surface area (Å²) >= 11 is 0. The third-order valence-corrected chi connectivity index (χ3v) is 3.47. The fraction of sp³-hybridized carbons (Fsp3) is 0.538. The summed E-state index contributed by atoms with van der Waals surface area (Å²) in [5, 5.41) is 2.97. The summed E-state index contributed by atoms with van der Waals surface area (Å²) in [5.74, 6) is 0.334. The van der Waals surface area contributed by atoms with E-state index in [9.17, 15) is 4.79 Å². The Balaban J connectivity index is 1.99. The van der Waals surface area contributed by atoms with E-state index >= 15 is 0 Å². The van der Waals surface area contributed by atoms with Crippen molar-refractivity contribution in [1.82, 2.24) is 10.3 Å². The SMILES string of the molecule is Cc1cc(C(=O)NCC2(C)CCC2)cc(N)n1. The zero-order chi connectivity index (χ0) is 12.5. The van der Waals surface area contributed by atoms with E-state index in [2.05, 4.69) is 17.2 Å². The third-order valence-electron chi connectivity index (χ3n) is 3.47. The molecule has 1 saturated carbocycles. The topological polar surface area (TPSA) is 68.0 Å². The third kappa shape index (κ3) is 2.75. The van der Waals surface area contributed by atoms with E-state index in [0.717, 1.165) is 12.2 Å². The average Bonchev–Trinajstić information content (AvgIpc) is 2.22. The van der Waals surface area contributed by atoms with Gasteiger partial charge in [-0.2, -0.15) is 0 Å². The maximum atomic E-state index is 11.9. The summed E-state index contributed by atoms with van der Waals surface area (Å²) in [7, 11) is 0. The van der Waals surface area contributed by atoms with Crippen LogP contribution in [0.4, 0.5) is 5.82 Å². The molecule has 17 heavy (non-hydrogen) atoms. The number of hydrogen-bond donors (Lipinski definition) is 2. The molecule has 0 atom stereocenters. The van der Waals surface area contributed by atoms with Gasteiger partial charge < -0.3 is 11.1 Å². The molecule has 1 aromatic rings. The normalized spacial score (nSPS) is 17.3. The van der Waals surface area contributed by atoms with Crippen LogP contribution in [-0.4, -0.2) is 17.4 Å². The van der Waals surface area contributed by atoms with Crippen LogP contribution in [0.3, 0.4) is 0 Å². The van der Waals surface area contributed by atoms with Gasteiger partial charge in [-0.05, 0) is 37.3 Å². The quantitative estimate of drug-likeness (QED) is 0.837. The van der Waals surface area contributed by atoms with Crippen LogP contribution in [0.2, 0.25) is 0 Å². The molecule has 92 valence electrons. The van der Waals surface area contributed by atoms with Gasteiger partial charge in [0.05, 0.1) is 0 Å². The van der Waals surface area contributed by atoms with Gasteiger partial charge in [0.15, 0.2) is 0 Å². The number of carbonyl (C=O) groups excluding carboxylic acids is 1. The number of carbonyl (C=O) groups is 1. The summed E-state index contributed by atoms with van der Waals surface area (Å²) in [4.78, 5) is 16.0. The molecule has 1 heterocycles. The number of rotatable bonds is 3. The number of nitrogen functional groups attached to an aromatic ring is 1. The molecule has 0 unspecified atom stereocenters. The van der Waals surface area contributed by atoms with Crippen LogP contribution in [0.1, 0.15) is 42.2 Å². The number of anilines is 1. The second kappa shape index (κ2) is 4.35. The van der Waals surface area contributed by atoms with Crippen LogP contribution in [0, 0.1) is 12.3 Å². The van der Waals surface area contributed by atoms with Gasteiger partial charge in [0.25, 0.3) is 5.91 Å². The molecule has 0 bridgehead atoms. The Labute approximate surface area is 102 Å². The monoisotopic (exact) mass is 233 g/mol. The van der Waals surface area contributed by atoms with Crippen molar-refractivity contribution < 1.29 is 4.79 Å². The molecule has 3 N–H and O–H groups in total. The van der Waals surface area contributed by atoms with Crippen molar-refractivity contribution >= 4 is 11.7 Å². The van der Waals surface area contributed by atoms with Crippen molar-refractivity contribution in [2.75, 3.05) is 12.3 Å². The second-order valence-corrected chi connectivity index (χ2v) is 5.27. The minimum absolute atomic E-state index is 0.0599. The molecule has 1 amide bonds. The second-order valence-electron chi connectivity index (χ2n) is 5.27. The van der Waals surface area contributed by atoms with Crippen molar-refractivity contribution in [3.63, 3.8) is 0 Å². The molecule has 2 rings (SSSR count). The highest BCUT2D eigenvalue weighted by Gasteiger charge is 2.31. The van der Waals surface area contributed by atoms with E-state index in [-0.39, 0.29) is 5.91 Å². The summed E-state index contributed by atoms with van der Waals surface area (Å²) in [5.41, 5.74) is 7.28. The predicted octanol–water partition coefficient (Wildman–Crippen LogP) is 1.89. The smallest absolute Gasteiger partial charge is 0.251 e. The minimum Gasteiger partial charge on any atom is -0.384 e. The first-order valence-corrected chi connectivity index (χ1v) is 6.01. The lowest BCUT2D eigenvalue weighted by Gasteiger charge is -2.38. The fourth-order valence-electron chi connectivity index (χ4n) is 2.18. The molecule has 1 fully saturated rings. The van der Waals surface area contributed by atoms with E-state index in [4.69, 9.17) is 5.73 Å². The molecule has 0 aromatic carbocycles. The van der Waals surface area contributed by atoms with Crippen LogP contribution in [-0.2, 0) is 0 Å². The van der Waals surface area contributed by atoms with Crippen molar-refractivity contribution in [1.29, 1.82) is 0 Å². The average molecular weight is 233 g/mol. The molecule has 0 spiro atoms. The lowest BCUT2D eigenvalue weighted by Crippen LogP contribution is -2.40. The Morgan fingerprint density at radius 2 is 2.24 bits per heavy atom. The van der Waals surface area contributed by atoms with Crippen LogP contribution in [0.25, 0.3) is 0 Å². The highest BCUT2D eigenvalue weighted by Crippen LogP contribution is 2.39. The Hall–Kier alpha value is -1.58. The van der Waals surface area contributed by atoms with Crippen LogP contribution < -0.4 is 11.1 Å². The Kier molecular flexibility index (Phi) is 3.05. The first kappa shape index (κ1) is 11.9. The van der Waals surface area contributed by atoms with E-state index in [1.165, 1.54) is 19.3 Å². The van der Waals surface area contributed by atoms with Crippen molar-refractivity contribution in [2.24, 2.45) is 5.41 Å². The highest BCUT2D eigenvalue weighted by atomic mass is 16.1. The molecular formula is C13H19N3O. The number of nitrogens with zero attached hydrogens (tertiary/aromatic N) is 1. The van der Waals surface area contributed by atoms with Crippen molar-refractivity contribution in [3.8, 4) is 0 Å². The van der Waals surface area contributed by atoms with Gasteiger partial charge in [-0.15, -0.1) is 0 Å². The summed E-state index contributed by atoms with van der Waals surface area (Å²) in [6.45, 7) is 4.79. The highest BCUT2D eigenvalue weighted by molar-refractivity contribution is 5.94. The molecule has 0 saturated heterocycles. The number of nitrogens with two attached hydrogens (primary N) is 1. The molecule has 4 nitrogen and oxygen atoms in total. The van der Waals surface area contributed by atoms with E-state index < -0.39 is 0 Å². The molecule has 4 heteroatoms. The van der Waals surface area contributed by atoms with Gasteiger partial charge in [-0.1, -0.05) is 13.3 Å². The summed E-state index contributed by atoms with van der Waals surface area (Å²) in [6, 6.07) is 3.38. The van der Waals surface area contributed by atoms with Gasteiger partial charge >= 0.3 is 0 Å². The molecule has 0 radical (unpaired) electrons. The number of pyridine rings is 1. The van der Waals surface area contributed by atoms with Gasteiger partial charge in [-0.3, -0.25) is 4.79 Å². The van der Waals surface area contributed by atoms with E-state index in [0.29, 0.717) is 16.8 Å². The van der Waals surface area contributed by atoms with Crippen molar-refractivity contribution in [3.05, 3.63) is 23.4 Å². The van der Waals surface area contributed by atoms with Crippen molar-refractivity contribution in [2.45, 2.75) is 33.1 Å². The summed E-state index contributed by atoms with van der Waals surface area (Å²) < 4.78 is 0. The molecule has 1 aromatic heterocycles. The van der Waals surface area contributed by atoms with Crippen LogP contribution >= 0.6 is 0 Å². The number of aryl methyl sites for hydroxylation is 1. The molecule has 1 aliphatic carbocycles. The lowest BCUT2D eigenvalue weighted by atomic mass is 9.70. The maximum Gasteiger partial charge on any atom is 0.251 e. The standard InChI is InChI=1S/C13H19N3O/c1-9-6-10(7-11(14)16-9)12(17)15-8-13(2)4-3-5-13/h6-7H,3-5,8H2,1-2H3,(H2,14,16)(H,15,17). The van der Waals surface area contributed by atoms with E-state index in [1.54, 1.807) is 12.1 Å². The largest absolute Gasteiger partial charge is 0.384 e. The fourth-order valence-corrected chi connectivity index (χ4v) is 2.18. The molecule has 1 aliphatic rings. The van der Waals surface area contributed by atoms with E-state index in [1.807, 2.05) is 6.92 Å². The maximum absolute atomic E-state index is 11.9. The summed E-state index contributed by atoms with van der Waals surface area (Å²) in [6.07, 6.45) is 3.67. The zero-order valence-corrected chi connectivity index (χ0v) is 10.4. The number of amides is 1. The molecule has 0 aliphatic heterocycles. The number of nitrogens with one attached hydrogen (secondary N) is 1. The number of hydrogen-bond acceptors (Lipinski definition) is 3. The molecular weight excluding hydrogens is 214 g/mol. The Morgan fingerprint density at radius 1 is 1.53 bits per heavy atom. The Morgan fingerprint density at radius 3 is 2.76 bits per heavy atom. The van der Waals surface area contributed by atoms with Crippen LogP contribution in [0.15, 0.2) is 12.1 Å². The van der Waals surface area contributed by atoms with Gasteiger partial charge in [-0.25, -0.2) is 4.98 Å². The lowest BCUT2D eigenvalue weighted by molar-refractivity contribution is 0.0890. The Bertz CT molecular complexity index is 418. The minimum atomic E-state index is -0.0599. The van der Waals surface area contributed by atoms with Gasteiger partial charge in [0, 0.05) is 17.8 Å². The zero-order valence-electron chi connectivity index (χ0n) is 10.4. The first-order valence-electron chi connectivity index (χ1n) is 6.01. The van der Waals surface area contributed by atoms with Gasteiger partial charge in [0.1, 0.15) is 5.82 Å². The van der Waals surface area contributed by atoms with Gasteiger partial charge in [0.2, 0.25) is 0 Å². The first-order chi connectivity index (χ1) is 7.98. The number of aromatic nitrogens is 1.